The summed E-state index contributed by atoms with van der Waals surface area (Å²) in [4.78, 5) is 37.7. The molecule has 0 bridgehead atoms. The molecule has 3 aromatic rings. The second-order valence-electron chi connectivity index (χ2n) is 8.58. The van der Waals surface area contributed by atoms with Crippen LogP contribution in [-0.2, 0) is 33.6 Å². The molecule has 0 saturated heterocycles. The van der Waals surface area contributed by atoms with E-state index in [4.69, 9.17) is 5.21 Å². The van der Waals surface area contributed by atoms with E-state index < -0.39 is 35.8 Å². The van der Waals surface area contributed by atoms with Crippen LogP contribution in [0.5, 0.6) is 0 Å². The highest BCUT2D eigenvalue weighted by Gasteiger charge is 2.34. The van der Waals surface area contributed by atoms with Crippen molar-refractivity contribution in [3.63, 3.8) is 0 Å². The number of likely N-dealkylation sites (N-methyl/N-ethyl adjacent to an activating group) is 1. The average molecular weight is 490 g/mol. The van der Waals surface area contributed by atoms with Gasteiger partial charge in [-0.05, 0) is 35.1 Å². The van der Waals surface area contributed by atoms with Crippen molar-refractivity contribution in [2.75, 3.05) is 7.05 Å². The minimum absolute atomic E-state index is 0.0256. The van der Waals surface area contributed by atoms with Crippen LogP contribution in [0.1, 0.15) is 22.3 Å². The molecule has 0 heterocycles. The SMILES string of the molecule is CNC(=O)[C@H](Cc1ccccc1)NC(=O)[C@H](Cc1ccc(Cc2ccccc2)cc1)[C@H](O)C(=O)NO. The summed E-state index contributed by atoms with van der Waals surface area (Å²) in [5.74, 6) is -3.42. The number of aliphatic hydroxyl groups is 1. The lowest BCUT2D eigenvalue weighted by atomic mass is 9.91. The maximum atomic E-state index is 13.2. The van der Waals surface area contributed by atoms with E-state index >= 15 is 0 Å². The molecule has 0 aliphatic rings. The quantitative estimate of drug-likeness (QED) is 0.207. The Morgan fingerprint density at radius 1 is 0.694 bits per heavy atom. The van der Waals surface area contributed by atoms with Crippen LogP contribution in [0.2, 0.25) is 0 Å². The fourth-order valence-electron chi connectivity index (χ4n) is 3.99. The summed E-state index contributed by atoms with van der Waals surface area (Å²) in [6, 6.07) is 25.8. The summed E-state index contributed by atoms with van der Waals surface area (Å²) in [6.45, 7) is 0. The van der Waals surface area contributed by atoms with E-state index in [9.17, 15) is 19.5 Å². The average Bonchev–Trinajstić information content (AvgIpc) is 2.92. The van der Waals surface area contributed by atoms with Crippen LogP contribution in [0.4, 0.5) is 0 Å². The molecule has 0 aliphatic heterocycles. The Balaban J connectivity index is 1.76. The smallest absolute Gasteiger partial charge is 0.272 e. The molecule has 0 unspecified atom stereocenters. The van der Waals surface area contributed by atoms with E-state index in [0.29, 0.717) is 0 Å². The van der Waals surface area contributed by atoms with Gasteiger partial charge >= 0.3 is 0 Å². The minimum Gasteiger partial charge on any atom is -0.382 e. The first kappa shape index (κ1) is 26.6. The summed E-state index contributed by atoms with van der Waals surface area (Å²) >= 11 is 0. The van der Waals surface area contributed by atoms with Gasteiger partial charge in [0, 0.05) is 13.5 Å². The number of rotatable bonds is 11. The molecule has 8 nitrogen and oxygen atoms in total. The lowest BCUT2D eigenvalue weighted by Gasteiger charge is -2.24. The van der Waals surface area contributed by atoms with E-state index in [-0.39, 0.29) is 12.8 Å². The van der Waals surface area contributed by atoms with Gasteiger partial charge in [0.15, 0.2) is 0 Å². The molecular formula is C28H31N3O5. The molecule has 0 fully saturated rings. The molecule has 0 saturated carbocycles. The van der Waals surface area contributed by atoms with Crippen molar-refractivity contribution in [3.8, 4) is 0 Å². The zero-order valence-electron chi connectivity index (χ0n) is 20.1. The van der Waals surface area contributed by atoms with Crippen LogP contribution in [-0.4, -0.2) is 47.2 Å². The van der Waals surface area contributed by atoms with Crippen molar-refractivity contribution in [2.45, 2.75) is 31.4 Å². The van der Waals surface area contributed by atoms with Crippen LogP contribution in [0.3, 0.4) is 0 Å². The summed E-state index contributed by atoms with van der Waals surface area (Å²) in [7, 11) is 1.47. The van der Waals surface area contributed by atoms with Gasteiger partial charge in [-0.3, -0.25) is 19.6 Å². The Morgan fingerprint density at radius 3 is 1.75 bits per heavy atom. The molecule has 3 aromatic carbocycles. The van der Waals surface area contributed by atoms with Gasteiger partial charge in [0.2, 0.25) is 11.8 Å². The van der Waals surface area contributed by atoms with E-state index in [0.717, 1.165) is 28.7 Å². The summed E-state index contributed by atoms with van der Waals surface area (Å²) in [6.07, 6.45) is -0.817. The normalized spacial score (nSPS) is 13.2. The Hall–Kier alpha value is -4.01. The molecule has 36 heavy (non-hydrogen) atoms. The Bertz CT molecular complexity index is 1140. The summed E-state index contributed by atoms with van der Waals surface area (Å²) in [5.41, 5.74) is 5.19. The van der Waals surface area contributed by atoms with Gasteiger partial charge in [-0.25, -0.2) is 5.48 Å². The van der Waals surface area contributed by atoms with Gasteiger partial charge in [0.1, 0.15) is 12.1 Å². The molecule has 5 N–H and O–H groups in total. The van der Waals surface area contributed by atoms with Crippen molar-refractivity contribution >= 4 is 17.7 Å². The van der Waals surface area contributed by atoms with Crippen molar-refractivity contribution in [1.82, 2.24) is 16.1 Å². The first-order valence-corrected chi connectivity index (χ1v) is 11.7. The van der Waals surface area contributed by atoms with E-state index in [1.54, 1.807) is 0 Å². The standard InChI is InChI=1S/C28H31N3O5/c1-29-27(34)24(18-20-10-6-3-7-11-20)30-26(33)23(25(32)28(35)31-36)17-22-14-12-21(13-15-22)16-19-8-4-2-5-9-19/h2-15,23-25,32,36H,16-18H2,1H3,(H,29,34)(H,30,33)(H,31,35)/t23-,24+,25+/m1/s1. The zero-order valence-corrected chi connectivity index (χ0v) is 20.1. The molecule has 188 valence electrons. The van der Waals surface area contributed by atoms with Crippen LogP contribution in [0, 0.1) is 5.92 Å². The molecule has 0 spiro atoms. The van der Waals surface area contributed by atoms with Gasteiger partial charge in [0.05, 0.1) is 5.92 Å². The predicted octanol–water partition coefficient (Wildman–Crippen LogP) is 1.78. The van der Waals surface area contributed by atoms with Gasteiger partial charge in [-0.15, -0.1) is 0 Å². The van der Waals surface area contributed by atoms with Gasteiger partial charge in [-0.2, -0.15) is 0 Å². The minimum atomic E-state index is -1.82. The molecule has 8 heteroatoms. The van der Waals surface area contributed by atoms with Crippen molar-refractivity contribution in [1.29, 1.82) is 0 Å². The number of hydrogen-bond acceptors (Lipinski definition) is 5. The highest BCUT2D eigenvalue weighted by atomic mass is 16.5. The largest absolute Gasteiger partial charge is 0.382 e. The molecule has 3 rings (SSSR count). The lowest BCUT2D eigenvalue weighted by Crippen LogP contribution is -2.52. The number of amides is 3. The molecule has 3 amide bonds. The van der Waals surface area contributed by atoms with Crippen LogP contribution in [0.15, 0.2) is 84.9 Å². The fourth-order valence-corrected chi connectivity index (χ4v) is 3.99. The molecule has 0 aromatic heterocycles. The third kappa shape index (κ3) is 7.49. The number of benzene rings is 3. The van der Waals surface area contributed by atoms with E-state index in [2.05, 4.69) is 10.6 Å². The maximum absolute atomic E-state index is 13.2. The number of carbonyl (C=O) groups excluding carboxylic acids is 3. The topological polar surface area (TPSA) is 128 Å². The van der Waals surface area contributed by atoms with Crippen molar-refractivity contribution in [3.05, 3.63) is 107 Å². The number of hydroxylamine groups is 1. The first-order valence-electron chi connectivity index (χ1n) is 11.7. The van der Waals surface area contributed by atoms with Crippen LogP contribution < -0.4 is 16.1 Å². The summed E-state index contributed by atoms with van der Waals surface area (Å²) in [5, 5.41) is 24.8. The van der Waals surface area contributed by atoms with E-state index in [1.807, 2.05) is 84.9 Å². The van der Waals surface area contributed by atoms with Crippen LogP contribution in [0.25, 0.3) is 0 Å². The fraction of sp³-hybridized carbons (Fsp3) is 0.250. The van der Waals surface area contributed by atoms with E-state index in [1.165, 1.54) is 12.5 Å². The molecular weight excluding hydrogens is 458 g/mol. The third-order valence-corrected chi connectivity index (χ3v) is 5.99. The second-order valence-corrected chi connectivity index (χ2v) is 8.58. The second kappa shape index (κ2) is 13.2. The number of nitrogens with one attached hydrogen (secondary N) is 3. The van der Waals surface area contributed by atoms with Gasteiger partial charge in [-0.1, -0.05) is 84.9 Å². The maximum Gasteiger partial charge on any atom is 0.272 e. The highest BCUT2D eigenvalue weighted by molar-refractivity contribution is 5.92. The van der Waals surface area contributed by atoms with Gasteiger partial charge in [0.25, 0.3) is 5.91 Å². The Kier molecular flexibility index (Phi) is 9.73. The highest BCUT2D eigenvalue weighted by Crippen LogP contribution is 2.17. The Labute approximate surface area is 210 Å². The number of aliphatic hydroxyl groups excluding tert-OH is 1. The van der Waals surface area contributed by atoms with Crippen molar-refractivity contribution in [2.24, 2.45) is 5.92 Å². The number of carbonyl (C=O) groups is 3. The van der Waals surface area contributed by atoms with Gasteiger partial charge < -0.3 is 15.7 Å². The third-order valence-electron chi connectivity index (χ3n) is 5.99. The monoisotopic (exact) mass is 489 g/mol. The molecule has 0 radical (unpaired) electrons. The van der Waals surface area contributed by atoms with Crippen molar-refractivity contribution < 1.29 is 24.7 Å². The molecule has 3 atom stereocenters. The lowest BCUT2D eigenvalue weighted by molar-refractivity contribution is -0.146. The zero-order chi connectivity index (χ0) is 25.9. The van der Waals surface area contributed by atoms with Crippen LogP contribution >= 0.6 is 0 Å². The summed E-state index contributed by atoms with van der Waals surface area (Å²) < 4.78 is 0. The molecule has 0 aliphatic carbocycles. The predicted molar refractivity (Wildman–Crippen MR) is 135 cm³/mol. The Morgan fingerprint density at radius 2 is 1.19 bits per heavy atom. The first-order chi connectivity index (χ1) is 17.4. The number of hydrogen-bond donors (Lipinski definition) is 5.